The van der Waals surface area contributed by atoms with Crippen LogP contribution in [0, 0.1) is 0 Å². The van der Waals surface area contributed by atoms with Gasteiger partial charge < -0.3 is 14.2 Å². The summed E-state index contributed by atoms with van der Waals surface area (Å²) in [6.07, 6.45) is 46.7. The highest BCUT2D eigenvalue weighted by atomic mass is 16.6. The molecule has 2 unspecified atom stereocenters. The van der Waals surface area contributed by atoms with Crippen molar-refractivity contribution in [3.05, 3.63) is 0 Å². The van der Waals surface area contributed by atoms with Gasteiger partial charge in [0.25, 0.3) is 0 Å². The molecule has 0 aliphatic rings. The standard InChI is InChI=1S/C50H96O6/c1-5-9-11-13-15-16-17-18-19-20-21-22-23-24-25-26-30-33-37-41-45-54-50(53)44-40-36-32-29-27-28-31-35-39-43-47(56-49(52)8-4)46(55-48(51)7-3)42-38-34-14-12-10-6-2/h46-47H,5-45H2,1-4H3. The van der Waals surface area contributed by atoms with E-state index in [1.54, 1.807) is 0 Å². The summed E-state index contributed by atoms with van der Waals surface area (Å²) in [5.41, 5.74) is 0. The number of hydrogen-bond acceptors (Lipinski definition) is 6. The normalized spacial score (nSPS) is 12.4. The van der Waals surface area contributed by atoms with Gasteiger partial charge in [0.05, 0.1) is 6.61 Å². The molecule has 6 nitrogen and oxygen atoms in total. The molecule has 0 spiro atoms. The van der Waals surface area contributed by atoms with E-state index in [-0.39, 0.29) is 30.1 Å². The van der Waals surface area contributed by atoms with Crippen LogP contribution in [0.4, 0.5) is 0 Å². The minimum atomic E-state index is -0.348. The molecule has 0 amide bonds. The Labute approximate surface area is 348 Å². The van der Waals surface area contributed by atoms with E-state index in [1.165, 1.54) is 173 Å². The maximum atomic E-state index is 12.2. The van der Waals surface area contributed by atoms with Crippen LogP contribution in [0.15, 0.2) is 0 Å². The first-order valence-corrected chi connectivity index (χ1v) is 25.0. The quantitative estimate of drug-likeness (QED) is 0.0347. The molecular weight excluding hydrogens is 697 g/mol. The fourth-order valence-electron chi connectivity index (χ4n) is 7.74. The summed E-state index contributed by atoms with van der Waals surface area (Å²) in [5.74, 6) is -0.448. The fourth-order valence-corrected chi connectivity index (χ4v) is 7.74. The van der Waals surface area contributed by atoms with Crippen LogP contribution in [-0.4, -0.2) is 36.7 Å². The lowest BCUT2D eigenvalue weighted by molar-refractivity contribution is -0.169. The zero-order chi connectivity index (χ0) is 41.0. The summed E-state index contributed by atoms with van der Waals surface area (Å²) >= 11 is 0. The van der Waals surface area contributed by atoms with Gasteiger partial charge in [0, 0.05) is 19.3 Å². The van der Waals surface area contributed by atoms with E-state index in [1.807, 2.05) is 13.8 Å². The Bertz CT molecular complexity index is 843. The molecule has 0 aliphatic heterocycles. The summed E-state index contributed by atoms with van der Waals surface area (Å²) in [5, 5.41) is 0. The SMILES string of the molecule is CCCCCCCCCCCCCCCCCCCCCCOC(=O)CCCCCCCCCCCC(OC(=O)CC)C(CCCCCCCC)OC(=O)CC. The van der Waals surface area contributed by atoms with Crippen molar-refractivity contribution in [3.63, 3.8) is 0 Å². The number of hydrogen-bond donors (Lipinski definition) is 0. The van der Waals surface area contributed by atoms with Crippen molar-refractivity contribution in [2.24, 2.45) is 0 Å². The molecule has 6 heteroatoms. The van der Waals surface area contributed by atoms with Crippen molar-refractivity contribution in [3.8, 4) is 0 Å². The average Bonchev–Trinajstić information content (AvgIpc) is 3.20. The first kappa shape index (κ1) is 54.4. The predicted molar refractivity (Wildman–Crippen MR) is 238 cm³/mol. The maximum absolute atomic E-state index is 12.2. The van der Waals surface area contributed by atoms with Crippen LogP contribution in [-0.2, 0) is 28.6 Å². The summed E-state index contributed by atoms with van der Waals surface area (Å²) < 4.78 is 17.1. The van der Waals surface area contributed by atoms with Gasteiger partial charge in [-0.1, -0.05) is 227 Å². The highest BCUT2D eigenvalue weighted by Gasteiger charge is 2.27. The van der Waals surface area contributed by atoms with E-state index < -0.39 is 0 Å². The van der Waals surface area contributed by atoms with Gasteiger partial charge in [-0.15, -0.1) is 0 Å². The molecule has 0 aromatic heterocycles. The number of carbonyl (C=O) groups is 3. The highest BCUT2D eigenvalue weighted by molar-refractivity contribution is 5.70. The molecule has 0 bridgehead atoms. The van der Waals surface area contributed by atoms with Crippen LogP contribution >= 0.6 is 0 Å². The molecule has 0 radical (unpaired) electrons. The van der Waals surface area contributed by atoms with Gasteiger partial charge in [-0.05, 0) is 38.5 Å². The first-order chi connectivity index (χ1) is 27.5. The smallest absolute Gasteiger partial charge is 0.305 e. The van der Waals surface area contributed by atoms with Crippen molar-refractivity contribution in [1.29, 1.82) is 0 Å². The Kier molecular flexibility index (Phi) is 43.2. The van der Waals surface area contributed by atoms with E-state index in [0.29, 0.717) is 25.9 Å². The number of carbonyl (C=O) groups excluding carboxylic acids is 3. The van der Waals surface area contributed by atoms with Crippen molar-refractivity contribution in [2.45, 2.75) is 297 Å². The third-order valence-corrected chi connectivity index (χ3v) is 11.5. The second kappa shape index (κ2) is 44.5. The van der Waals surface area contributed by atoms with Crippen LogP contribution in [0.2, 0.25) is 0 Å². The van der Waals surface area contributed by atoms with Gasteiger partial charge in [0.2, 0.25) is 0 Å². The van der Waals surface area contributed by atoms with Gasteiger partial charge >= 0.3 is 17.9 Å². The van der Waals surface area contributed by atoms with E-state index in [9.17, 15) is 14.4 Å². The Morgan fingerprint density at radius 2 is 0.589 bits per heavy atom. The topological polar surface area (TPSA) is 78.9 Å². The van der Waals surface area contributed by atoms with Crippen LogP contribution in [0.1, 0.15) is 285 Å². The first-order valence-electron chi connectivity index (χ1n) is 25.0. The molecule has 0 aromatic rings. The molecule has 0 saturated heterocycles. The number of ether oxygens (including phenoxy) is 3. The van der Waals surface area contributed by atoms with Crippen molar-refractivity contribution >= 4 is 17.9 Å². The summed E-state index contributed by atoms with van der Waals surface area (Å²) in [6, 6.07) is 0. The Morgan fingerprint density at radius 1 is 0.321 bits per heavy atom. The molecule has 2 atom stereocenters. The van der Waals surface area contributed by atoms with Crippen LogP contribution in [0.5, 0.6) is 0 Å². The molecule has 0 heterocycles. The second-order valence-electron chi connectivity index (χ2n) is 17.0. The zero-order valence-electron chi connectivity index (χ0n) is 38.1. The van der Waals surface area contributed by atoms with Crippen LogP contribution < -0.4 is 0 Å². The summed E-state index contributed by atoms with van der Waals surface area (Å²) in [4.78, 5) is 36.6. The minimum Gasteiger partial charge on any atom is -0.466 e. The van der Waals surface area contributed by atoms with E-state index in [2.05, 4.69) is 13.8 Å². The van der Waals surface area contributed by atoms with Crippen molar-refractivity contribution in [2.75, 3.05) is 6.61 Å². The van der Waals surface area contributed by atoms with Gasteiger partial charge in [0.1, 0.15) is 12.2 Å². The third-order valence-electron chi connectivity index (χ3n) is 11.5. The molecule has 0 aromatic carbocycles. The lowest BCUT2D eigenvalue weighted by Gasteiger charge is -2.27. The third kappa shape index (κ3) is 39.2. The molecule has 56 heavy (non-hydrogen) atoms. The molecule has 0 aliphatic carbocycles. The Balaban J connectivity index is 3.72. The number of rotatable bonds is 45. The average molecular weight is 793 g/mol. The zero-order valence-corrected chi connectivity index (χ0v) is 38.1. The summed E-state index contributed by atoms with van der Waals surface area (Å²) in [6.45, 7) is 8.73. The van der Waals surface area contributed by atoms with Crippen LogP contribution in [0.3, 0.4) is 0 Å². The van der Waals surface area contributed by atoms with Crippen molar-refractivity contribution in [1.82, 2.24) is 0 Å². The molecular formula is C50H96O6. The van der Waals surface area contributed by atoms with E-state index in [0.717, 1.165) is 64.2 Å². The maximum Gasteiger partial charge on any atom is 0.305 e. The minimum absolute atomic E-state index is 0.0237. The van der Waals surface area contributed by atoms with Crippen molar-refractivity contribution < 1.29 is 28.6 Å². The predicted octanol–water partition coefficient (Wildman–Crippen LogP) is 16.0. The number of unbranched alkanes of at least 4 members (excludes halogenated alkanes) is 32. The molecule has 0 N–H and O–H groups in total. The monoisotopic (exact) mass is 793 g/mol. The van der Waals surface area contributed by atoms with Gasteiger partial charge in [-0.2, -0.15) is 0 Å². The van der Waals surface area contributed by atoms with Gasteiger partial charge in [0.15, 0.2) is 0 Å². The largest absolute Gasteiger partial charge is 0.466 e. The molecule has 0 rings (SSSR count). The molecule has 332 valence electrons. The molecule has 0 saturated carbocycles. The lowest BCUT2D eigenvalue weighted by atomic mass is 9.98. The summed E-state index contributed by atoms with van der Waals surface area (Å²) in [7, 11) is 0. The van der Waals surface area contributed by atoms with E-state index >= 15 is 0 Å². The lowest BCUT2D eigenvalue weighted by Crippen LogP contribution is -2.35. The Hall–Kier alpha value is -1.59. The number of esters is 3. The second-order valence-corrected chi connectivity index (χ2v) is 17.0. The van der Waals surface area contributed by atoms with E-state index in [4.69, 9.17) is 14.2 Å². The molecule has 0 fully saturated rings. The van der Waals surface area contributed by atoms with Crippen LogP contribution in [0.25, 0.3) is 0 Å². The van der Waals surface area contributed by atoms with Gasteiger partial charge in [-0.25, -0.2) is 0 Å². The fraction of sp³-hybridized carbons (Fsp3) is 0.940. The highest BCUT2D eigenvalue weighted by Crippen LogP contribution is 2.22. The van der Waals surface area contributed by atoms with Gasteiger partial charge in [-0.3, -0.25) is 14.4 Å². The Morgan fingerprint density at radius 3 is 0.893 bits per heavy atom.